The summed E-state index contributed by atoms with van der Waals surface area (Å²) in [5.41, 5.74) is 6.89. The molecule has 1 aliphatic rings. The molecule has 98 valence electrons. The molecule has 1 atom stereocenters. The summed E-state index contributed by atoms with van der Waals surface area (Å²) in [5.74, 6) is 0.152. The SMILES string of the molecule is NC(=NO)C1CN(CCc2ccccc2)CCO1. The van der Waals surface area contributed by atoms with Gasteiger partial charge in [-0.1, -0.05) is 35.5 Å². The molecule has 0 saturated carbocycles. The van der Waals surface area contributed by atoms with E-state index in [2.05, 4.69) is 22.2 Å². The Bertz CT molecular complexity index is 394. The topological polar surface area (TPSA) is 71.1 Å². The van der Waals surface area contributed by atoms with E-state index in [0.717, 1.165) is 19.5 Å². The van der Waals surface area contributed by atoms with Crippen molar-refractivity contribution >= 4 is 5.84 Å². The molecule has 0 aliphatic carbocycles. The average molecular weight is 249 g/mol. The molecule has 1 aromatic carbocycles. The molecule has 1 saturated heterocycles. The molecule has 3 N–H and O–H groups in total. The summed E-state index contributed by atoms with van der Waals surface area (Å²) < 4.78 is 5.46. The van der Waals surface area contributed by atoms with Crippen LogP contribution in [0.25, 0.3) is 0 Å². The minimum atomic E-state index is -0.292. The number of hydrogen-bond donors (Lipinski definition) is 2. The fraction of sp³-hybridized carbons (Fsp3) is 0.462. The summed E-state index contributed by atoms with van der Waals surface area (Å²) in [6.45, 7) is 3.16. The van der Waals surface area contributed by atoms with Crippen LogP contribution in [0.5, 0.6) is 0 Å². The second-order valence-corrected chi connectivity index (χ2v) is 4.42. The first-order chi connectivity index (χ1) is 8.79. The smallest absolute Gasteiger partial charge is 0.169 e. The molecule has 2 rings (SSSR count). The van der Waals surface area contributed by atoms with Crippen LogP contribution in [0.15, 0.2) is 35.5 Å². The van der Waals surface area contributed by atoms with Gasteiger partial charge >= 0.3 is 0 Å². The van der Waals surface area contributed by atoms with Crippen molar-refractivity contribution in [3.63, 3.8) is 0 Å². The summed E-state index contributed by atoms with van der Waals surface area (Å²) in [5, 5.41) is 11.7. The number of ether oxygens (including phenoxy) is 1. The third-order valence-corrected chi connectivity index (χ3v) is 3.16. The Morgan fingerprint density at radius 3 is 2.94 bits per heavy atom. The van der Waals surface area contributed by atoms with Gasteiger partial charge in [-0.15, -0.1) is 0 Å². The lowest BCUT2D eigenvalue weighted by Crippen LogP contribution is -2.48. The monoisotopic (exact) mass is 249 g/mol. The van der Waals surface area contributed by atoms with Gasteiger partial charge in [-0.05, 0) is 12.0 Å². The third-order valence-electron chi connectivity index (χ3n) is 3.16. The van der Waals surface area contributed by atoms with Crippen LogP contribution in [0, 0.1) is 0 Å². The van der Waals surface area contributed by atoms with E-state index in [-0.39, 0.29) is 11.9 Å². The fourth-order valence-corrected chi connectivity index (χ4v) is 2.08. The quantitative estimate of drug-likeness (QED) is 0.356. The maximum absolute atomic E-state index is 8.65. The van der Waals surface area contributed by atoms with E-state index in [0.29, 0.717) is 13.2 Å². The second kappa shape index (κ2) is 6.37. The predicted octanol–water partition coefficient (Wildman–Crippen LogP) is 0.676. The van der Waals surface area contributed by atoms with Gasteiger partial charge in [0, 0.05) is 19.6 Å². The highest BCUT2D eigenvalue weighted by Gasteiger charge is 2.23. The lowest BCUT2D eigenvalue weighted by atomic mass is 10.1. The first-order valence-corrected chi connectivity index (χ1v) is 6.15. The molecular formula is C13H19N3O2. The number of rotatable bonds is 4. The number of oxime groups is 1. The fourth-order valence-electron chi connectivity index (χ4n) is 2.08. The largest absolute Gasteiger partial charge is 0.409 e. The van der Waals surface area contributed by atoms with Crippen LogP contribution >= 0.6 is 0 Å². The molecule has 1 unspecified atom stereocenters. The molecule has 1 aromatic rings. The molecule has 0 aromatic heterocycles. The number of nitrogens with zero attached hydrogens (tertiary/aromatic N) is 2. The molecule has 0 bridgehead atoms. The number of amidine groups is 1. The van der Waals surface area contributed by atoms with Gasteiger partial charge in [0.05, 0.1) is 6.61 Å². The van der Waals surface area contributed by atoms with E-state index in [1.54, 1.807) is 0 Å². The highest BCUT2D eigenvalue weighted by Crippen LogP contribution is 2.07. The van der Waals surface area contributed by atoms with Gasteiger partial charge < -0.3 is 15.7 Å². The molecular weight excluding hydrogens is 230 g/mol. The van der Waals surface area contributed by atoms with Gasteiger partial charge in [0.25, 0.3) is 0 Å². The van der Waals surface area contributed by atoms with E-state index in [1.807, 2.05) is 18.2 Å². The first kappa shape index (κ1) is 12.9. The van der Waals surface area contributed by atoms with Crippen LogP contribution in [-0.2, 0) is 11.2 Å². The van der Waals surface area contributed by atoms with Crippen molar-refractivity contribution in [2.24, 2.45) is 10.9 Å². The molecule has 5 heteroatoms. The second-order valence-electron chi connectivity index (χ2n) is 4.42. The Morgan fingerprint density at radius 1 is 1.44 bits per heavy atom. The molecule has 5 nitrogen and oxygen atoms in total. The lowest BCUT2D eigenvalue weighted by molar-refractivity contribution is 0.00518. The van der Waals surface area contributed by atoms with Gasteiger partial charge in [0.2, 0.25) is 0 Å². The average Bonchev–Trinajstić information content (AvgIpc) is 2.45. The summed E-state index contributed by atoms with van der Waals surface area (Å²) >= 11 is 0. The zero-order valence-electron chi connectivity index (χ0n) is 10.3. The van der Waals surface area contributed by atoms with E-state index in [4.69, 9.17) is 15.7 Å². The maximum Gasteiger partial charge on any atom is 0.169 e. The van der Waals surface area contributed by atoms with Gasteiger partial charge in [-0.2, -0.15) is 0 Å². The van der Waals surface area contributed by atoms with Crippen molar-refractivity contribution < 1.29 is 9.94 Å². The van der Waals surface area contributed by atoms with Crippen LogP contribution in [0.3, 0.4) is 0 Å². The molecule has 0 spiro atoms. The Balaban J connectivity index is 1.83. The third kappa shape index (κ3) is 3.45. The minimum absolute atomic E-state index is 0.152. The van der Waals surface area contributed by atoms with Crippen LogP contribution in [0.1, 0.15) is 5.56 Å². The summed E-state index contributed by atoms with van der Waals surface area (Å²) in [4.78, 5) is 2.28. The van der Waals surface area contributed by atoms with E-state index >= 15 is 0 Å². The standard InChI is InChI=1S/C13H19N3O2/c14-13(15-17)12-10-16(8-9-18-12)7-6-11-4-2-1-3-5-11/h1-5,12,17H,6-10H2,(H2,14,15). The number of nitrogens with two attached hydrogens (primary N) is 1. The molecule has 0 amide bonds. The molecule has 0 radical (unpaired) electrons. The molecule has 1 heterocycles. The minimum Gasteiger partial charge on any atom is -0.409 e. The maximum atomic E-state index is 8.65. The molecule has 1 aliphatic heterocycles. The highest BCUT2D eigenvalue weighted by atomic mass is 16.5. The van der Waals surface area contributed by atoms with E-state index < -0.39 is 0 Å². The summed E-state index contributed by atoms with van der Waals surface area (Å²) in [6.07, 6.45) is 0.712. The van der Waals surface area contributed by atoms with Crippen molar-refractivity contribution in [3.05, 3.63) is 35.9 Å². The van der Waals surface area contributed by atoms with Gasteiger partial charge in [0.1, 0.15) is 6.10 Å². The lowest BCUT2D eigenvalue weighted by Gasteiger charge is -2.32. The predicted molar refractivity (Wildman–Crippen MR) is 69.7 cm³/mol. The Morgan fingerprint density at radius 2 is 2.22 bits per heavy atom. The molecule has 1 fully saturated rings. The number of hydrogen-bond acceptors (Lipinski definition) is 4. The summed E-state index contributed by atoms with van der Waals surface area (Å²) in [7, 11) is 0. The van der Waals surface area contributed by atoms with Crippen LogP contribution in [0.4, 0.5) is 0 Å². The summed E-state index contributed by atoms with van der Waals surface area (Å²) in [6, 6.07) is 10.4. The van der Waals surface area contributed by atoms with Gasteiger partial charge in [0.15, 0.2) is 5.84 Å². The van der Waals surface area contributed by atoms with Crippen LogP contribution in [-0.4, -0.2) is 48.3 Å². The van der Waals surface area contributed by atoms with Crippen LogP contribution in [0.2, 0.25) is 0 Å². The normalized spacial score (nSPS) is 22.0. The van der Waals surface area contributed by atoms with Crippen molar-refractivity contribution in [3.8, 4) is 0 Å². The zero-order chi connectivity index (χ0) is 12.8. The zero-order valence-corrected chi connectivity index (χ0v) is 10.3. The van der Waals surface area contributed by atoms with Crippen molar-refractivity contribution in [2.75, 3.05) is 26.2 Å². The Labute approximate surface area is 107 Å². The number of morpholine rings is 1. The van der Waals surface area contributed by atoms with E-state index in [9.17, 15) is 0 Å². The molecule has 18 heavy (non-hydrogen) atoms. The van der Waals surface area contributed by atoms with Crippen molar-refractivity contribution in [2.45, 2.75) is 12.5 Å². The first-order valence-electron chi connectivity index (χ1n) is 6.15. The van der Waals surface area contributed by atoms with E-state index in [1.165, 1.54) is 5.56 Å². The Kier molecular flexibility index (Phi) is 4.55. The van der Waals surface area contributed by atoms with Crippen LogP contribution < -0.4 is 5.73 Å². The van der Waals surface area contributed by atoms with Crippen molar-refractivity contribution in [1.29, 1.82) is 0 Å². The highest BCUT2D eigenvalue weighted by molar-refractivity contribution is 5.84. The van der Waals surface area contributed by atoms with Gasteiger partial charge in [-0.25, -0.2) is 0 Å². The van der Waals surface area contributed by atoms with Crippen molar-refractivity contribution in [1.82, 2.24) is 4.90 Å². The number of benzene rings is 1. The van der Waals surface area contributed by atoms with Gasteiger partial charge in [-0.3, -0.25) is 4.90 Å². The Hall–Kier alpha value is -1.59.